The third kappa shape index (κ3) is 4.96. The molecule has 2 aromatic carbocycles. The first-order valence-corrected chi connectivity index (χ1v) is 11.9. The molecule has 4 aromatic rings. The molecule has 3 heterocycles. The Hall–Kier alpha value is -4.50. The van der Waals surface area contributed by atoms with Crippen molar-refractivity contribution < 1.29 is 23.2 Å². The second kappa shape index (κ2) is 10.0. The molecule has 0 bridgehead atoms. The third-order valence-corrected chi connectivity index (χ3v) is 6.51. The van der Waals surface area contributed by atoms with Crippen LogP contribution in [-0.4, -0.2) is 22.6 Å². The van der Waals surface area contributed by atoms with Gasteiger partial charge in [0, 0.05) is 16.3 Å². The van der Waals surface area contributed by atoms with Crippen molar-refractivity contribution in [3.63, 3.8) is 0 Å². The van der Waals surface area contributed by atoms with Crippen LogP contribution in [0, 0.1) is 6.92 Å². The molecular formula is C27H21N3O5S. The monoisotopic (exact) mass is 499 g/mol. The quantitative estimate of drug-likeness (QED) is 0.312. The summed E-state index contributed by atoms with van der Waals surface area (Å²) >= 11 is 1.18. The largest absolute Gasteiger partial charge is 0.467 e. The molecule has 0 fully saturated rings. The van der Waals surface area contributed by atoms with Gasteiger partial charge < -0.3 is 19.5 Å². The van der Waals surface area contributed by atoms with Crippen molar-refractivity contribution in [1.82, 2.24) is 4.90 Å². The lowest BCUT2D eigenvalue weighted by atomic mass is 10.2. The number of hydrogen-bond acceptors (Lipinski definition) is 7. The number of carbonyl (C=O) groups excluding carboxylic acids is 3. The Morgan fingerprint density at radius 3 is 2.22 bits per heavy atom. The van der Waals surface area contributed by atoms with Crippen molar-refractivity contribution in [2.45, 2.75) is 18.4 Å². The highest BCUT2D eigenvalue weighted by atomic mass is 32.2. The standard InChI is InChI=1S/C27H21N3O5S/c1-17-6-8-18(9-7-17)28-23-24(27(33)30(26(23)32)16-20-4-2-14-34-20)36-21-12-10-19(11-13-21)29-25(31)22-5-3-15-35-22/h2-15,28H,16H2,1H3,(H,29,31). The van der Waals surface area contributed by atoms with Gasteiger partial charge in [0.25, 0.3) is 17.7 Å². The molecule has 0 radical (unpaired) electrons. The molecule has 0 aliphatic carbocycles. The number of carbonyl (C=O) groups is 3. The van der Waals surface area contributed by atoms with E-state index in [1.807, 2.05) is 31.2 Å². The van der Waals surface area contributed by atoms with Gasteiger partial charge in [0.1, 0.15) is 16.4 Å². The summed E-state index contributed by atoms with van der Waals surface area (Å²) in [4.78, 5) is 41.0. The molecule has 8 nitrogen and oxygen atoms in total. The number of aryl methyl sites for hydroxylation is 1. The fraction of sp³-hybridized carbons (Fsp3) is 0.0741. The average molecular weight is 500 g/mol. The van der Waals surface area contributed by atoms with E-state index in [2.05, 4.69) is 10.6 Å². The number of anilines is 2. The molecule has 0 spiro atoms. The maximum Gasteiger partial charge on any atom is 0.291 e. The number of nitrogens with one attached hydrogen (secondary N) is 2. The molecule has 9 heteroatoms. The van der Waals surface area contributed by atoms with Gasteiger partial charge in [-0.05, 0) is 67.6 Å². The number of imide groups is 1. The van der Waals surface area contributed by atoms with Crippen molar-refractivity contribution in [1.29, 1.82) is 0 Å². The van der Waals surface area contributed by atoms with Crippen LogP contribution in [-0.2, 0) is 16.1 Å². The lowest BCUT2D eigenvalue weighted by Gasteiger charge is -2.13. The predicted octanol–water partition coefficient (Wildman–Crippen LogP) is 5.42. The maximum atomic E-state index is 13.3. The van der Waals surface area contributed by atoms with Gasteiger partial charge in [-0.2, -0.15) is 0 Å². The average Bonchev–Trinajstić information content (AvgIpc) is 3.64. The van der Waals surface area contributed by atoms with Crippen LogP contribution in [0.2, 0.25) is 0 Å². The molecule has 5 rings (SSSR count). The van der Waals surface area contributed by atoms with Crippen molar-refractivity contribution in [3.8, 4) is 0 Å². The van der Waals surface area contributed by atoms with Gasteiger partial charge in [0.05, 0.1) is 19.1 Å². The Kier molecular flexibility index (Phi) is 6.46. The molecule has 0 saturated heterocycles. The highest BCUT2D eigenvalue weighted by Crippen LogP contribution is 2.37. The Balaban J connectivity index is 1.38. The van der Waals surface area contributed by atoms with Gasteiger partial charge in [-0.25, -0.2) is 0 Å². The van der Waals surface area contributed by atoms with E-state index < -0.39 is 11.8 Å². The first kappa shape index (κ1) is 23.3. The Morgan fingerprint density at radius 2 is 1.56 bits per heavy atom. The zero-order chi connectivity index (χ0) is 25.1. The van der Waals surface area contributed by atoms with Gasteiger partial charge in [0.2, 0.25) is 0 Å². The third-order valence-electron chi connectivity index (χ3n) is 5.42. The summed E-state index contributed by atoms with van der Waals surface area (Å²) in [5.74, 6) is -0.489. The second-order valence-electron chi connectivity index (χ2n) is 8.03. The van der Waals surface area contributed by atoms with E-state index in [0.29, 0.717) is 17.1 Å². The molecule has 2 N–H and O–H groups in total. The molecule has 36 heavy (non-hydrogen) atoms. The lowest BCUT2D eigenvalue weighted by Crippen LogP contribution is -2.31. The first-order valence-electron chi connectivity index (χ1n) is 11.1. The van der Waals surface area contributed by atoms with E-state index in [4.69, 9.17) is 8.83 Å². The number of benzene rings is 2. The van der Waals surface area contributed by atoms with Crippen LogP contribution in [0.25, 0.3) is 0 Å². The van der Waals surface area contributed by atoms with Crippen LogP contribution in [0.4, 0.5) is 11.4 Å². The normalized spacial score (nSPS) is 13.4. The van der Waals surface area contributed by atoms with Crippen molar-refractivity contribution in [2.75, 3.05) is 10.6 Å². The van der Waals surface area contributed by atoms with E-state index in [1.54, 1.807) is 48.5 Å². The smallest absolute Gasteiger partial charge is 0.291 e. The highest BCUT2D eigenvalue weighted by molar-refractivity contribution is 8.04. The summed E-state index contributed by atoms with van der Waals surface area (Å²) in [6, 6.07) is 21.2. The summed E-state index contributed by atoms with van der Waals surface area (Å²) in [6.07, 6.45) is 2.93. The molecular weight excluding hydrogens is 478 g/mol. The Bertz CT molecular complexity index is 1420. The molecule has 1 aliphatic heterocycles. The summed E-state index contributed by atoms with van der Waals surface area (Å²) in [5.41, 5.74) is 2.55. The molecule has 1 aliphatic rings. The molecule has 0 saturated carbocycles. The van der Waals surface area contributed by atoms with Crippen LogP contribution in [0.1, 0.15) is 21.9 Å². The summed E-state index contributed by atoms with van der Waals surface area (Å²) in [5, 5.41) is 5.88. The van der Waals surface area contributed by atoms with Gasteiger partial charge >= 0.3 is 0 Å². The highest BCUT2D eigenvalue weighted by Gasteiger charge is 2.39. The number of nitrogens with zero attached hydrogens (tertiary/aromatic N) is 1. The van der Waals surface area contributed by atoms with Crippen LogP contribution in [0.3, 0.4) is 0 Å². The number of rotatable bonds is 8. The molecule has 0 unspecified atom stereocenters. The molecule has 2 aromatic heterocycles. The number of amides is 3. The minimum absolute atomic E-state index is 0.0333. The van der Waals surface area contributed by atoms with Crippen LogP contribution in [0.15, 0.2) is 110 Å². The second-order valence-corrected chi connectivity index (χ2v) is 9.11. The predicted molar refractivity (Wildman–Crippen MR) is 135 cm³/mol. The maximum absolute atomic E-state index is 13.3. The van der Waals surface area contributed by atoms with E-state index in [1.165, 1.54) is 24.3 Å². The number of furan rings is 2. The fourth-order valence-corrected chi connectivity index (χ4v) is 4.51. The van der Waals surface area contributed by atoms with Crippen molar-refractivity contribution in [2.24, 2.45) is 0 Å². The molecule has 0 atom stereocenters. The molecule has 3 amide bonds. The van der Waals surface area contributed by atoms with Gasteiger partial charge in [-0.1, -0.05) is 29.5 Å². The van der Waals surface area contributed by atoms with Gasteiger partial charge in [0.15, 0.2) is 5.76 Å². The van der Waals surface area contributed by atoms with Crippen molar-refractivity contribution in [3.05, 3.63) is 113 Å². The van der Waals surface area contributed by atoms with E-state index in [0.717, 1.165) is 15.4 Å². The van der Waals surface area contributed by atoms with Crippen LogP contribution < -0.4 is 10.6 Å². The lowest BCUT2D eigenvalue weighted by molar-refractivity contribution is -0.138. The van der Waals surface area contributed by atoms with E-state index >= 15 is 0 Å². The minimum Gasteiger partial charge on any atom is -0.467 e. The van der Waals surface area contributed by atoms with Crippen molar-refractivity contribution >= 4 is 40.9 Å². The Morgan fingerprint density at radius 1 is 0.861 bits per heavy atom. The summed E-state index contributed by atoms with van der Waals surface area (Å²) in [6.45, 7) is 2.01. The van der Waals surface area contributed by atoms with Gasteiger partial charge in [-0.3, -0.25) is 19.3 Å². The van der Waals surface area contributed by atoms with E-state index in [9.17, 15) is 14.4 Å². The zero-order valence-corrected chi connectivity index (χ0v) is 20.0. The number of hydrogen-bond donors (Lipinski definition) is 2. The van der Waals surface area contributed by atoms with E-state index in [-0.39, 0.29) is 28.8 Å². The molecule has 180 valence electrons. The fourth-order valence-electron chi connectivity index (χ4n) is 3.57. The van der Waals surface area contributed by atoms with Gasteiger partial charge in [-0.15, -0.1) is 0 Å². The first-order chi connectivity index (χ1) is 17.5. The topological polar surface area (TPSA) is 105 Å². The minimum atomic E-state index is -0.429. The Labute approximate surface area is 211 Å². The van der Waals surface area contributed by atoms with Crippen LogP contribution >= 0.6 is 11.8 Å². The number of thioether (sulfide) groups is 1. The van der Waals surface area contributed by atoms with Crippen LogP contribution in [0.5, 0.6) is 0 Å². The SMILES string of the molecule is Cc1ccc(NC2=C(Sc3ccc(NC(=O)c4ccco4)cc3)C(=O)N(Cc3ccco3)C2=O)cc1. The summed E-state index contributed by atoms with van der Waals surface area (Å²) < 4.78 is 10.5. The zero-order valence-electron chi connectivity index (χ0n) is 19.2. The summed E-state index contributed by atoms with van der Waals surface area (Å²) in [7, 11) is 0.